The molecule has 0 bridgehead atoms. The van der Waals surface area contributed by atoms with Gasteiger partial charge in [-0.05, 0) is 24.3 Å². The fourth-order valence-electron chi connectivity index (χ4n) is 2.12. The Morgan fingerprint density at radius 1 is 1.05 bits per heavy atom. The first-order chi connectivity index (χ1) is 9.99. The number of hydrogen-bond acceptors (Lipinski definition) is 2. The van der Waals surface area contributed by atoms with Gasteiger partial charge in [-0.25, -0.2) is 4.98 Å². The molecule has 3 aromatic rings. The molecule has 1 aromatic carbocycles. The molecule has 0 unspecified atom stereocenters. The average Bonchev–Trinajstić information content (AvgIpc) is 2.90. The Balaban J connectivity index is 2.04. The van der Waals surface area contributed by atoms with Crippen molar-refractivity contribution in [1.29, 1.82) is 0 Å². The van der Waals surface area contributed by atoms with E-state index >= 15 is 0 Å². The number of ether oxygens (including phenoxy) is 1. The van der Waals surface area contributed by atoms with Gasteiger partial charge in [0.05, 0.1) is 18.4 Å². The summed E-state index contributed by atoms with van der Waals surface area (Å²) in [6.07, 6.45) is -2.60. The van der Waals surface area contributed by atoms with Gasteiger partial charge in [-0.15, -0.1) is 0 Å². The SMILES string of the molecule is COc1cccc2nc(-c3ccc(C(F)(F)F)cc3)cn12. The van der Waals surface area contributed by atoms with Crippen LogP contribution in [0.1, 0.15) is 5.56 Å². The normalized spacial score (nSPS) is 11.8. The molecule has 0 amide bonds. The largest absolute Gasteiger partial charge is 0.482 e. The van der Waals surface area contributed by atoms with Crippen molar-refractivity contribution in [2.24, 2.45) is 0 Å². The first kappa shape index (κ1) is 13.5. The van der Waals surface area contributed by atoms with Crippen LogP contribution in [0.5, 0.6) is 5.88 Å². The number of imidazole rings is 1. The highest BCUT2D eigenvalue weighted by atomic mass is 19.4. The van der Waals surface area contributed by atoms with Crippen molar-refractivity contribution < 1.29 is 17.9 Å². The molecule has 0 aliphatic carbocycles. The minimum atomic E-state index is -4.33. The molecule has 0 atom stereocenters. The molecule has 3 nitrogen and oxygen atoms in total. The molecular formula is C15H11F3N2O. The molecule has 0 aliphatic rings. The summed E-state index contributed by atoms with van der Waals surface area (Å²) in [6, 6.07) is 10.3. The first-order valence-corrected chi connectivity index (χ1v) is 6.19. The van der Waals surface area contributed by atoms with Crippen molar-refractivity contribution in [3.63, 3.8) is 0 Å². The average molecular weight is 292 g/mol. The molecule has 0 fully saturated rings. The van der Waals surface area contributed by atoms with Crippen molar-refractivity contribution in [3.8, 4) is 17.1 Å². The zero-order valence-electron chi connectivity index (χ0n) is 11.1. The van der Waals surface area contributed by atoms with Crippen LogP contribution in [-0.4, -0.2) is 16.5 Å². The fourth-order valence-corrected chi connectivity index (χ4v) is 2.12. The van der Waals surface area contributed by atoms with Crippen molar-refractivity contribution in [2.45, 2.75) is 6.18 Å². The summed E-state index contributed by atoms with van der Waals surface area (Å²) in [4.78, 5) is 4.39. The monoisotopic (exact) mass is 292 g/mol. The zero-order valence-corrected chi connectivity index (χ0v) is 11.1. The summed E-state index contributed by atoms with van der Waals surface area (Å²) in [7, 11) is 1.55. The van der Waals surface area contributed by atoms with Crippen LogP contribution in [0.25, 0.3) is 16.9 Å². The van der Waals surface area contributed by atoms with E-state index in [1.54, 1.807) is 35.9 Å². The lowest BCUT2D eigenvalue weighted by Crippen LogP contribution is -2.03. The van der Waals surface area contributed by atoms with Gasteiger partial charge in [0.1, 0.15) is 5.65 Å². The van der Waals surface area contributed by atoms with Crippen LogP contribution < -0.4 is 4.74 Å². The van der Waals surface area contributed by atoms with E-state index in [0.717, 1.165) is 12.1 Å². The molecule has 0 N–H and O–H groups in total. The van der Waals surface area contributed by atoms with Crippen molar-refractivity contribution >= 4 is 5.65 Å². The molecule has 2 aromatic heterocycles. The van der Waals surface area contributed by atoms with Crippen LogP contribution in [0.2, 0.25) is 0 Å². The lowest BCUT2D eigenvalue weighted by molar-refractivity contribution is -0.137. The quantitative estimate of drug-likeness (QED) is 0.713. The number of pyridine rings is 1. The number of rotatable bonds is 2. The van der Waals surface area contributed by atoms with Gasteiger partial charge in [-0.1, -0.05) is 18.2 Å². The maximum atomic E-state index is 12.6. The Kier molecular flexibility index (Phi) is 3.08. The molecule has 2 heterocycles. The number of halogens is 3. The van der Waals surface area contributed by atoms with Crippen LogP contribution in [0.4, 0.5) is 13.2 Å². The third kappa shape index (κ3) is 2.44. The van der Waals surface area contributed by atoms with E-state index in [0.29, 0.717) is 22.8 Å². The van der Waals surface area contributed by atoms with Gasteiger partial charge in [0.25, 0.3) is 0 Å². The van der Waals surface area contributed by atoms with Crippen LogP contribution in [0, 0.1) is 0 Å². The molecule has 6 heteroatoms. The Morgan fingerprint density at radius 3 is 2.38 bits per heavy atom. The molecule has 0 saturated carbocycles. The number of aromatic nitrogens is 2. The highest BCUT2D eigenvalue weighted by molar-refractivity contribution is 5.63. The van der Waals surface area contributed by atoms with Gasteiger partial charge in [-0.2, -0.15) is 13.2 Å². The summed E-state index contributed by atoms with van der Waals surface area (Å²) in [5.74, 6) is 0.609. The number of fused-ring (bicyclic) bond motifs is 1. The molecular weight excluding hydrogens is 281 g/mol. The number of alkyl halides is 3. The van der Waals surface area contributed by atoms with Crippen LogP contribution in [-0.2, 0) is 6.18 Å². The smallest absolute Gasteiger partial charge is 0.416 e. The minimum Gasteiger partial charge on any atom is -0.482 e. The maximum Gasteiger partial charge on any atom is 0.416 e. The van der Waals surface area contributed by atoms with Gasteiger partial charge in [0, 0.05) is 11.8 Å². The van der Waals surface area contributed by atoms with E-state index in [-0.39, 0.29) is 0 Å². The predicted octanol–water partition coefficient (Wildman–Crippen LogP) is 4.03. The standard InChI is InChI=1S/C15H11F3N2O/c1-21-14-4-2-3-13-19-12(9-20(13)14)10-5-7-11(8-6-10)15(16,17)18/h2-9H,1H3. The molecule has 21 heavy (non-hydrogen) atoms. The van der Waals surface area contributed by atoms with E-state index in [2.05, 4.69) is 4.98 Å². The van der Waals surface area contributed by atoms with Crippen molar-refractivity contribution in [2.75, 3.05) is 7.11 Å². The summed E-state index contributed by atoms with van der Waals surface area (Å²) < 4.78 is 44.6. The van der Waals surface area contributed by atoms with E-state index in [4.69, 9.17) is 4.74 Å². The summed E-state index contributed by atoms with van der Waals surface area (Å²) in [6.45, 7) is 0. The highest BCUT2D eigenvalue weighted by Crippen LogP contribution is 2.31. The highest BCUT2D eigenvalue weighted by Gasteiger charge is 2.30. The van der Waals surface area contributed by atoms with Gasteiger partial charge in [0.2, 0.25) is 0 Å². The van der Waals surface area contributed by atoms with E-state index in [1.807, 2.05) is 0 Å². The third-order valence-corrected chi connectivity index (χ3v) is 3.17. The van der Waals surface area contributed by atoms with E-state index in [9.17, 15) is 13.2 Å². The van der Waals surface area contributed by atoms with Gasteiger partial charge in [-0.3, -0.25) is 4.40 Å². The van der Waals surface area contributed by atoms with Gasteiger partial charge < -0.3 is 4.74 Å². The Morgan fingerprint density at radius 2 is 1.76 bits per heavy atom. The minimum absolute atomic E-state index is 0.591. The second-order valence-corrected chi connectivity index (χ2v) is 4.50. The fraction of sp³-hybridized carbons (Fsp3) is 0.133. The molecule has 108 valence electrons. The molecule has 0 spiro atoms. The van der Waals surface area contributed by atoms with Crippen molar-refractivity contribution in [3.05, 3.63) is 54.2 Å². The van der Waals surface area contributed by atoms with Gasteiger partial charge in [0.15, 0.2) is 5.88 Å². The number of benzene rings is 1. The molecule has 3 rings (SSSR count). The lowest BCUT2D eigenvalue weighted by Gasteiger charge is -2.06. The summed E-state index contributed by atoms with van der Waals surface area (Å²) in [5.41, 5.74) is 1.21. The Labute approximate surface area is 118 Å². The lowest BCUT2D eigenvalue weighted by atomic mass is 10.1. The van der Waals surface area contributed by atoms with Crippen LogP contribution in [0.15, 0.2) is 48.7 Å². The predicted molar refractivity (Wildman–Crippen MR) is 72.2 cm³/mol. The van der Waals surface area contributed by atoms with Crippen molar-refractivity contribution in [1.82, 2.24) is 9.38 Å². The summed E-state index contributed by atoms with van der Waals surface area (Å²) in [5, 5.41) is 0. The van der Waals surface area contributed by atoms with Crippen LogP contribution in [0.3, 0.4) is 0 Å². The Bertz CT molecular complexity index is 776. The van der Waals surface area contributed by atoms with Gasteiger partial charge >= 0.3 is 6.18 Å². The first-order valence-electron chi connectivity index (χ1n) is 6.19. The summed E-state index contributed by atoms with van der Waals surface area (Å²) >= 11 is 0. The van der Waals surface area contributed by atoms with E-state index < -0.39 is 11.7 Å². The molecule has 0 saturated heterocycles. The second kappa shape index (κ2) is 4.80. The molecule has 0 radical (unpaired) electrons. The van der Waals surface area contributed by atoms with E-state index in [1.165, 1.54) is 12.1 Å². The number of hydrogen-bond donors (Lipinski definition) is 0. The number of methoxy groups -OCH3 is 1. The maximum absolute atomic E-state index is 12.6. The second-order valence-electron chi connectivity index (χ2n) is 4.50. The Hall–Kier alpha value is -2.50. The third-order valence-electron chi connectivity index (χ3n) is 3.17. The number of nitrogens with zero attached hydrogens (tertiary/aromatic N) is 2. The van der Waals surface area contributed by atoms with Crippen LogP contribution >= 0.6 is 0 Å². The zero-order chi connectivity index (χ0) is 15.0. The topological polar surface area (TPSA) is 26.5 Å². The molecule has 0 aliphatic heterocycles.